The maximum atomic E-state index is 11.2. The Kier molecular flexibility index (Phi) is 1.55. The van der Waals surface area contributed by atoms with Crippen molar-refractivity contribution in [1.82, 2.24) is 0 Å². The van der Waals surface area contributed by atoms with E-state index in [-0.39, 0.29) is 5.78 Å². The van der Waals surface area contributed by atoms with Crippen molar-refractivity contribution in [3.8, 4) is 0 Å². The van der Waals surface area contributed by atoms with Gasteiger partial charge >= 0.3 is 0 Å². The van der Waals surface area contributed by atoms with Crippen molar-refractivity contribution < 1.29 is 9.90 Å². The van der Waals surface area contributed by atoms with Crippen LogP contribution in [0.1, 0.15) is 21.7 Å². The van der Waals surface area contributed by atoms with Crippen LogP contribution < -0.4 is 0 Å². The number of aliphatic hydroxyl groups excluding tert-OH is 1. The van der Waals surface area contributed by atoms with E-state index >= 15 is 0 Å². The highest BCUT2D eigenvalue weighted by molar-refractivity contribution is 7.10. The van der Waals surface area contributed by atoms with Crippen LogP contribution in [0.3, 0.4) is 0 Å². The predicted molar refractivity (Wildman–Crippen MR) is 43.0 cm³/mol. The molecule has 0 spiro atoms. The minimum Gasteiger partial charge on any atom is -0.385 e. The molecule has 0 radical (unpaired) electrons. The Morgan fingerprint density at radius 2 is 2.45 bits per heavy atom. The fourth-order valence-corrected chi connectivity index (χ4v) is 2.23. The number of thiophene rings is 1. The van der Waals surface area contributed by atoms with Gasteiger partial charge in [-0.3, -0.25) is 4.79 Å². The molecule has 2 rings (SSSR count). The van der Waals surface area contributed by atoms with Gasteiger partial charge in [0.15, 0.2) is 5.78 Å². The summed E-state index contributed by atoms with van der Waals surface area (Å²) < 4.78 is 0. The van der Waals surface area contributed by atoms with Gasteiger partial charge in [-0.2, -0.15) is 0 Å². The third-order valence-corrected chi connectivity index (χ3v) is 2.94. The molecule has 1 unspecified atom stereocenters. The molecule has 1 aliphatic carbocycles. The van der Waals surface area contributed by atoms with Crippen LogP contribution in [0.5, 0.6) is 0 Å². The SMILES string of the molecule is O=C1c2ccsc2CCC1O. The molecule has 0 bridgehead atoms. The number of hydrogen-bond donors (Lipinski definition) is 1. The van der Waals surface area contributed by atoms with Gasteiger partial charge < -0.3 is 5.11 Å². The maximum absolute atomic E-state index is 11.2. The Morgan fingerprint density at radius 3 is 3.27 bits per heavy atom. The molecule has 1 aromatic rings. The molecule has 1 aromatic heterocycles. The van der Waals surface area contributed by atoms with Crippen molar-refractivity contribution in [2.45, 2.75) is 18.9 Å². The Hall–Kier alpha value is -0.670. The van der Waals surface area contributed by atoms with Crippen molar-refractivity contribution in [1.29, 1.82) is 0 Å². The first-order valence-corrected chi connectivity index (χ1v) is 4.45. The number of Topliss-reactive ketones (excluding diaryl/α,β-unsaturated/α-hetero) is 1. The molecular weight excluding hydrogens is 160 g/mol. The van der Waals surface area contributed by atoms with Gasteiger partial charge in [-0.1, -0.05) is 0 Å². The Balaban J connectivity index is 2.46. The minimum atomic E-state index is -0.753. The molecule has 0 saturated carbocycles. The van der Waals surface area contributed by atoms with Crippen molar-refractivity contribution in [2.75, 3.05) is 0 Å². The summed E-state index contributed by atoms with van der Waals surface area (Å²) in [6, 6.07) is 1.80. The fourth-order valence-electron chi connectivity index (χ4n) is 1.33. The van der Waals surface area contributed by atoms with Crippen LogP contribution in [-0.2, 0) is 6.42 Å². The molecule has 1 heterocycles. The third-order valence-electron chi connectivity index (χ3n) is 1.96. The number of carbonyl (C=O) groups excluding carboxylic acids is 1. The molecule has 0 saturated heterocycles. The van der Waals surface area contributed by atoms with Gasteiger partial charge in [0, 0.05) is 10.4 Å². The first-order chi connectivity index (χ1) is 5.29. The summed E-state index contributed by atoms with van der Waals surface area (Å²) in [4.78, 5) is 12.4. The van der Waals surface area contributed by atoms with Crippen LogP contribution in [0.4, 0.5) is 0 Å². The van der Waals surface area contributed by atoms with E-state index in [9.17, 15) is 9.90 Å². The van der Waals surface area contributed by atoms with Gasteiger partial charge in [-0.25, -0.2) is 0 Å². The summed E-state index contributed by atoms with van der Waals surface area (Å²) in [5.41, 5.74) is 0.730. The zero-order valence-corrected chi connectivity index (χ0v) is 6.73. The summed E-state index contributed by atoms with van der Waals surface area (Å²) in [5.74, 6) is -0.104. The van der Waals surface area contributed by atoms with E-state index in [1.165, 1.54) is 0 Å². The number of ketones is 1. The smallest absolute Gasteiger partial charge is 0.192 e. The summed E-state index contributed by atoms with van der Waals surface area (Å²) >= 11 is 1.60. The highest BCUT2D eigenvalue weighted by atomic mass is 32.1. The molecule has 1 atom stereocenters. The van der Waals surface area contributed by atoms with Gasteiger partial charge in [0.05, 0.1) is 0 Å². The molecule has 58 valence electrons. The summed E-state index contributed by atoms with van der Waals surface area (Å²) in [7, 11) is 0. The molecule has 1 aliphatic rings. The second kappa shape index (κ2) is 2.43. The Bertz CT molecular complexity index is 290. The van der Waals surface area contributed by atoms with E-state index < -0.39 is 6.10 Å². The molecule has 3 heteroatoms. The quantitative estimate of drug-likeness (QED) is 0.632. The summed E-state index contributed by atoms with van der Waals surface area (Å²) in [6.45, 7) is 0. The third kappa shape index (κ3) is 1.01. The van der Waals surface area contributed by atoms with Crippen molar-refractivity contribution >= 4 is 17.1 Å². The highest BCUT2D eigenvalue weighted by Crippen LogP contribution is 2.25. The average molecular weight is 168 g/mol. The van der Waals surface area contributed by atoms with Crippen LogP contribution in [0.2, 0.25) is 0 Å². The number of rotatable bonds is 0. The second-order valence-electron chi connectivity index (χ2n) is 2.68. The van der Waals surface area contributed by atoms with Crippen molar-refractivity contribution in [2.24, 2.45) is 0 Å². The van der Waals surface area contributed by atoms with E-state index in [2.05, 4.69) is 0 Å². The molecule has 0 amide bonds. The van der Waals surface area contributed by atoms with Crippen LogP contribution >= 0.6 is 11.3 Å². The van der Waals surface area contributed by atoms with E-state index in [1.54, 1.807) is 17.4 Å². The number of hydrogen-bond acceptors (Lipinski definition) is 3. The maximum Gasteiger partial charge on any atom is 0.192 e. The van der Waals surface area contributed by atoms with E-state index in [1.807, 2.05) is 5.38 Å². The molecular formula is C8H8O2S. The van der Waals surface area contributed by atoms with Gasteiger partial charge in [-0.15, -0.1) is 11.3 Å². The van der Waals surface area contributed by atoms with E-state index in [0.717, 1.165) is 16.9 Å². The standard InChI is InChI=1S/C8H8O2S/c9-6-1-2-7-5(8(6)10)3-4-11-7/h3-4,6,9H,1-2H2. The van der Waals surface area contributed by atoms with Gasteiger partial charge in [0.1, 0.15) is 6.10 Å². The first kappa shape index (κ1) is 7.00. The minimum absolute atomic E-state index is 0.104. The number of aryl methyl sites for hydroxylation is 1. The summed E-state index contributed by atoms with van der Waals surface area (Å²) in [5, 5.41) is 11.1. The fraction of sp³-hybridized carbons (Fsp3) is 0.375. The lowest BCUT2D eigenvalue weighted by Crippen LogP contribution is -2.25. The normalized spacial score (nSPS) is 23.4. The topological polar surface area (TPSA) is 37.3 Å². The van der Waals surface area contributed by atoms with Crippen LogP contribution in [0.25, 0.3) is 0 Å². The molecule has 11 heavy (non-hydrogen) atoms. The molecule has 2 nitrogen and oxygen atoms in total. The highest BCUT2D eigenvalue weighted by Gasteiger charge is 2.25. The lowest BCUT2D eigenvalue weighted by Gasteiger charge is -2.14. The predicted octanol–water partition coefficient (Wildman–Crippen LogP) is 1.24. The number of carbonyl (C=O) groups is 1. The van der Waals surface area contributed by atoms with Crippen molar-refractivity contribution in [3.63, 3.8) is 0 Å². The van der Waals surface area contributed by atoms with Gasteiger partial charge in [0.25, 0.3) is 0 Å². The van der Waals surface area contributed by atoms with E-state index in [4.69, 9.17) is 0 Å². The van der Waals surface area contributed by atoms with Crippen LogP contribution in [0.15, 0.2) is 11.4 Å². The lowest BCUT2D eigenvalue weighted by atomic mass is 9.95. The molecule has 1 N–H and O–H groups in total. The largest absolute Gasteiger partial charge is 0.385 e. The summed E-state index contributed by atoms with van der Waals surface area (Å²) in [6.07, 6.45) is 0.684. The monoisotopic (exact) mass is 168 g/mol. The molecule has 0 fully saturated rings. The lowest BCUT2D eigenvalue weighted by molar-refractivity contribution is 0.0714. The Labute approximate surface area is 68.5 Å². The van der Waals surface area contributed by atoms with Gasteiger partial charge in [0.2, 0.25) is 0 Å². The van der Waals surface area contributed by atoms with Gasteiger partial charge in [-0.05, 0) is 24.3 Å². The zero-order chi connectivity index (χ0) is 7.84. The van der Waals surface area contributed by atoms with Crippen molar-refractivity contribution in [3.05, 3.63) is 21.9 Å². The first-order valence-electron chi connectivity index (χ1n) is 3.57. The number of aliphatic hydroxyl groups is 1. The Morgan fingerprint density at radius 1 is 1.64 bits per heavy atom. The van der Waals surface area contributed by atoms with Crippen LogP contribution in [-0.4, -0.2) is 17.0 Å². The average Bonchev–Trinajstić information content (AvgIpc) is 2.45. The van der Waals surface area contributed by atoms with E-state index in [0.29, 0.717) is 6.42 Å². The zero-order valence-electron chi connectivity index (χ0n) is 5.91. The number of fused-ring (bicyclic) bond motifs is 1. The second-order valence-corrected chi connectivity index (χ2v) is 3.68. The van der Waals surface area contributed by atoms with Crippen LogP contribution in [0, 0.1) is 0 Å². The molecule has 0 aliphatic heterocycles. The molecule has 0 aromatic carbocycles.